The lowest BCUT2D eigenvalue weighted by Crippen LogP contribution is -2.47. The first-order valence-electron chi connectivity index (χ1n) is 9.33. The molecule has 0 bridgehead atoms. The smallest absolute Gasteiger partial charge is 0.329 e. The van der Waals surface area contributed by atoms with Crippen molar-refractivity contribution >= 4 is 23.5 Å². The van der Waals surface area contributed by atoms with Gasteiger partial charge in [-0.1, -0.05) is 44.2 Å². The number of rotatable bonds is 8. The molecule has 0 aromatic heterocycles. The van der Waals surface area contributed by atoms with E-state index in [9.17, 15) is 14.4 Å². The maximum atomic E-state index is 12.6. The highest BCUT2D eigenvalue weighted by molar-refractivity contribution is 6.00. The van der Waals surface area contributed by atoms with Crippen LogP contribution < -0.4 is 15.4 Å². The fourth-order valence-electron chi connectivity index (χ4n) is 2.62. The lowest BCUT2D eigenvalue weighted by atomic mass is 10.0. The first kappa shape index (κ1) is 21.9. The molecule has 0 saturated carbocycles. The van der Waals surface area contributed by atoms with Gasteiger partial charge in [0.1, 0.15) is 11.8 Å². The SMILES string of the molecule is COc1ccccc1C(=O)N[C@H](C(=O)O[C@@H](C)C(=O)Nc1ccccc1)C(C)C. The summed E-state index contributed by atoms with van der Waals surface area (Å²) >= 11 is 0. The maximum absolute atomic E-state index is 12.6. The van der Waals surface area contributed by atoms with E-state index >= 15 is 0 Å². The van der Waals surface area contributed by atoms with Gasteiger partial charge in [0, 0.05) is 5.69 Å². The van der Waals surface area contributed by atoms with Gasteiger partial charge in [-0.05, 0) is 37.1 Å². The molecule has 2 amide bonds. The van der Waals surface area contributed by atoms with Crippen molar-refractivity contribution in [1.29, 1.82) is 0 Å². The lowest BCUT2D eigenvalue weighted by molar-refractivity contribution is -0.156. The van der Waals surface area contributed by atoms with Crippen LogP contribution in [0.4, 0.5) is 5.69 Å². The number of hydrogen-bond donors (Lipinski definition) is 2. The molecule has 0 heterocycles. The predicted octanol–water partition coefficient (Wildman–Crippen LogP) is 3.02. The largest absolute Gasteiger partial charge is 0.496 e. The fraction of sp³-hybridized carbons (Fsp3) is 0.318. The van der Waals surface area contributed by atoms with E-state index in [4.69, 9.17) is 9.47 Å². The molecule has 7 heteroatoms. The number of ether oxygens (including phenoxy) is 2. The Labute approximate surface area is 170 Å². The summed E-state index contributed by atoms with van der Waals surface area (Å²) in [5, 5.41) is 5.35. The average molecular weight is 398 g/mol. The van der Waals surface area contributed by atoms with Crippen LogP contribution in [0.1, 0.15) is 31.1 Å². The van der Waals surface area contributed by atoms with Gasteiger partial charge in [-0.15, -0.1) is 0 Å². The molecular formula is C22H26N2O5. The minimum atomic E-state index is -1.02. The number of hydrogen-bond acceptors (Lipinski definition) is 5. The van der Waals surface area contributed by atoms with Gasteiger partial charge in [-0.25, -0.2) is 4.79 Å². The first-order valence-corrected chi connectivity index (χ1v) is 9.33. The second-order valence-electron chi connectivity index (χ2n) is 6.83. The zero-order valence-corrected chi connectivity index (χ0v) is 17.0. The monoisotopic (exact) mass is 398 g/mol. The van der Waals surface area contributed by atoms with E-state index in [0.29, 0.717) is 17.0 Å². The summed E-state index contributed by atoms with van der Waals surface area (Å²) < 4.78 is 10.5. The lowest BCUT2D eigenvalue weighted by Gasteiger charge is -2.23. The Balaban J connectivity index is 2.03. The summed E-state index contributed by atoms with van der Waals surface area (Å²) in [7, 11) is 1.47. The third-order valence-corrected chi connectivity index (χ3v) is 4.26. The van der Waals surface area contributed by atoms with Crippen molar-refractivity contribution < 1.29 is 23.9 Å². The first-order chi connectivity index (χ1) is 13.8. The third-order valence-electron chi connectivity index (χ3n) is 4.26. The molecule has 0 aliphatic rings. The number of carbonyl (C=O) groups excluding carboxylic acids is 3. The molecule has 2 aromatic carbocycles. The van der Waals surface area contributed by atoms with Crippen molar-refractivity contribution in [2.24, 2.45) is 5.92 Å². The van der Waals surface area contributed by atoms with Gasteiger partial charge in [0.05, 0.1) is 12.7 Å². The van der Waals surface area contributed by atoms with E-state index < -0.39 is 29.9 Å². The van der Waals surface area contributed by atoms with Crippen LogP contribution >= 0.6 is 0 Å². The van der Waals surface area contributed by atoms with Crippen LogP contribution in [0.3, 0.4) is 0 Å². The molecule has 154 valence electrons. The molecule has 0 saturated heterocycles. The van der Waals surface area contributed by atoms with E-state index in [0.717, 1.165) is 0 Å². The number of amides is 2. The van der Waals surface area contributed by atoms with Crippen molar-refractivity contribution in [3.05, 3.63) is 60.2 Å². The van der Waals surface area contributed by atoms with Crippen LogP contribution in [-0.4, -0.2) is 37.0 Å². The third kappa shape index (κ3) is 6.07. The van der Waals surface area contributed by atoms with Crippen molar-refractivity contribution in [3.8, 4) is 5.75 Å². The summed E-state index contributed by atoms with van der Waals surface area (Å²) in [5.41, 5.74) is 0.911. The zero-order valence-electron chi connectivity index (χ0n) is 17.0. The highest BCUT2D eigenvalue weighted by Gasteiger charge is 2.30. The van der Waals surface area contributed by atoms with Gasteiger partial charge < -0.3 is 20.1 Å². The van der Waals surface area contributed by atoms with E-state index in [1.165, 1.54) is 14.0 Å². The minimum Gasteiger partial charge on any atom is -0.496 e. The standard InChI is InChI=1S/C22H26N2O5/c1-14(2)19(24-21(26)17-12-8-9-13-18(17)28-4)22(27)29-15(3)20(25)23-16-10-6-5-7-11-16/h5-15,19H,1-4H3,(H,23,25)(H,24,26)/t15-,19-/m0/s1. The Kier molecular flexibility index (Phi) is 7.77. The number of para-hydroxylation sites is 2. The van der Waals surface area contributed by atoms with Crippen LogP contribution in [0.5, 0.6) is 5.75 Å². The topological polar surface area (TPSA) is 93.7 Å². The van der Waals surface area contributed by atoms with Crippen LogP contribution in [0.15, 0.2) is 54.6 Å². The predicted molar refractivity (Wildman–Crippen MR) is 110 cm³/mol. The summed E-state index contributed by atoms with van der Waals surface area (Å²) in [6.45, 7) is 5.04. The number of carbonyl (C=O) groups is 3. The second kappa shape index (κ2) is 10.3. The van der Waals surface area contributed by atoms with Crippen molar-refractivity contribution in [2.75, 3.05) is 12.4 Å². The second-order valence-corrected chi connectivity index (χ2v) is 6.83. The van der Waals surface area contributed by atoms with Crippen LogP contribution in [0.25, 0.3) is 0 Å². The average Bonchev–Trinajstić information content (AvgIpc) is 2.72. The van der Waals surface area contributed by atoms with E-state index in [2.05, 4.69) is 10.6 Å². The molecule has 2 N–H and O–H groups in total. The van der Waals surface area contributed by atoms with Gasteiger partial charge in [0.15, 0.2) is 6.10 Å². The quantitative estimate of drug-likeness (QED) is 0.667. The zero-order chi connectivity index (χ0) is 21.4. The van der Waals surface area contributed by atoms with Gasteiger partial charge in [0.25, 0.3) is 11.8 Å². The van der Waals surface area contributed by atoms with Crippen molar-refractivity contribution in [2.45, 2.75) is 32.9 Å². The van der Waals surface area contributed by atoms with Crippen LogP contribution in [0.2, 0.25) is 0 Å². The van der Waals surface area contributed by atoms with Gasteiger partial charge in [-0.2, -0.15) is 0 Å². The van der Waals surface area contributed by atoms with Crippen molar-refractivity contribution in [3.63, 3.8) is 0 Å². The summed E-state index contributed by atoms with van der Waals surface area (Å²) in [5.74, 6) is -1.44. The molecular weight excluding hydrogens is 372 g/mol. The summed E-state index contributed by atoms with van der Waals surface area (Å²) in [6, 6.07) is 14.7. The summed E-state index contributed by atoms with van der Waals surface area (Å²) in [4.78, 5) is 37.5. The molecule has 0 spiro atoms. The Morgan fingerprint density at radius 3 is 2.14 bits per heavy atom. The van der Waals surface area contributed by atoms with E-state index in [1.807, 2.05) is 6.07 Å². The number of nitrogens with one attached hydrogen (secondary N) is 2. The van der Waals surface area contributed by atoms with E-state index in [1.54, 1.807) is 62.4 Å². The van der Waals surface area contributed by atoms with Crippen molar-refractivity contribution in [1.82, 2.24) is 5.32 Å². The molecule has 2 aromatic rings. The molecule has 0 aliphatic carbocycles. The maximum Gasteiger partial charge on any atom is 0.329 e. The van der Waals surface area contributed by atoms with Crippen LogP contribution in [0, 0.1) is 5.92 Å². The van der Waals surface area contributed by atoms with Gasteiger partial charge in [0.2, 0.25) is 0 Å². The number of methoxy groups -OCH3 is 1. The fourth-order valence-corrected chi connectivity index (χ4v) is 2.62. The molecule has 7 nitrogen and oxygen atoms in total. The molecule has 2 rings (SSSR count). The Hall–Kier alpha value is -3.35. The Morgan fingerprint density at radius 2 is 1.52 bits per heavy atom. The van der Waals surface area contributed by atoms with Crippen LogP contribution in [-0.2, 0) is 14.3 Å². The normalized spacial score (nSPS) is 12.6. The number of esters is 1. The molecule has 0 aliphatic heterocycles. The molecule has 0 unspecified atom stereocenters. The molecule has 29 heavy (non-hydrogen) atoms. The molecule has 2 atom stereocenters. The highest BCUT2D eigenvalue weighted by Crippen LogP contribution is 2.18. The summed E-state index contributed by atoms with van der Waals surface area (Å²) in [6.07, 6.45) is -1.02. The number of benzene rings is 2. The minimum absolute atomic E-state index is 0.245. The van der Waals surface area contributed by atoms with Gasteiger partial charge in [-0.3, -0.25) is 9.59 Å². The molecule has 0 radical (unpaired) electrons. The Morgan fingerprint density at radius 1 is 0.897 bits per heavy atom. The highest BCUT2D eigenvalue weighted by atomic mass is 16.5. The van der Waals surface area contributed by atoms with Gasteiger partial charge >= 0.3 is 5.97 Å². The Bertz CT molecular complexity index is 851. The van der Waals surface area contributed by atoms with E-state index in [-0.39, 0.29) is 5.92 Å². The molecule has 0 fully saturated rings. The number of anilines is 1.